The first-order valence-corrected chi connectivity index (χ1v) is 11.3. The highest BCUT2D eigenvalue weighted by Crippen LogP contribution is 2.23. The van der Waals surface area contributed by atoms with E-state index in [1.54, 1.807) is 0 Å². The summed E-state index contributed by atoms with van der Waals surface area (Å²) in [6, 6.07) is 17.0. The molecule has 2 aromatic carbocycles. The number of fused-ring (bicyclic) bond motifs is 1. The second kappa shape index (κ2) is 8.23. The van der Waals surface area contributed by atoms with Crippen LogP contribution in [0.3, 0.4) is 0 Å². The maximum atomic E-state index is 13.0. The third-order valence-electron chi connectivity index (χ3n) is 6.72. The SMILES string of the molecule is CCn1c(Cc2ccc(C(=O)N3CCC(N4CCCC4)C3)cc2)nc2ccccc21. The summed E-state index contributed by atoms with van der Waals surface area (Å²) in [5.74, 6) is 1.25. The van der Waals surface area contributed by atoms with E-state index in [9.17, 15) is 4.79 Å². The molecule has 2 aliphatic rings. The Morgan fingerprint density at radius 2 is 1.80 bits per heavy atom. The van der Waals surface area contributed by atoms with Crippen LogP contribution in [-0.2, 0) is 13.0 Å². The zero-order chi connectivity index (χ0) is 20.5. The van der Waals surface area contributed by atoms with E-state index < -0.39 is 0 Å². The highest BCUT2D eigenvalue weighted by Gasteiger charge is 2.31. The Morgan fingerprint density at radius 1 is 1.03 bits per heavy atom. The average molecular weight is 403 g/mol. The largest absolute Gasteiger partial charge is 0.337 e. The van der Waals surface area contributed by atoms with E-state index in [1.165, 1.54) is 37.0 Å². The highest BCUT2D eigenvalue weighted by atomic mass is 16.2. The molecule has 1 unspecified atom stereocenters. The summed E-state index contributed by atoms with van der Waals surface area (Å²) in [6.07, 6.45) is 4.49. The van der Waals surface area contributed by atoms with Gasteiger partial charge in [0, 0.05) is 37.7 Å². The fourth-order valence-electron chi connectivity index (χ4n) is 5.07. The number of nitrogens with zero attached hydrogens (tertiary/aromatic N) is 4. The second-order valence-corrected chi connectivity index (χ2v) is 8.57. The molecular weight excluding hydrogens is 372 g/mol. The van der Waals surface area contributed by atoms with Crippen LogP contribution in [0, 0.1) is 0 Å². The van der Waals surface area contributed by atoms with Crippen molar-refractivity contribution < 1.29 is 4.79 Å². The van der Waals surface area contributed by atoms with Crippen molar-refractivity contribution in [1.29, 1.82) is 0 Å². The molecular formula is C25H30N4O. The van der Waals surface area contributed by atoms with Gasteiger partial charge in [-0.25, -0.2) is 4.98 Å². The molecule has 1 atom stereocenters. The van der Waals surface area contributed by atoms with Crippen molar-refractivity contribution in [2.45, 2.75) is 45.2 Å². The van der Waals surface area contributed by atoms with Crippen LogP contribution in [0.5, 0.6) is 0 Å². The lowest BCUT2D eigenvalue weighted by atomic mass is 10.1. The third kappa shape index (κ3) is 3.63. The van der Waals surface area contributed by atoms with Crippen molar-refractivity contribution in [3.8, 4) is 0 Å². The summed E-state index contributed by atoms with van der Waals surface area (Å²) in [5, 5.41) is 0. The van der Waals surface area contributed by atoms with Gasteiger partial charge in [-0.15, -0.1) is 0 Å². The number of benzene rings is 2. The first-order valence-electron chi connectivity index (χ1n) is 11.3. The number of carbonyl (C=O) groups is 1. The number of para-hydroxylation sites is 2. The molecule has 2 aliphatic heterocycles. The molecule has 0 bridgehead atoms. The van der Waals surface area contributed by atoms with E-state index in [2.05, 4.69) is 46.7 Å². The van der Waals surface area contributed by atoms with E-state index in [4.69, 9.17) is 4.98 Å². The zero-order valence-electron chi connectivity index (χ0n) is 17.8. The van der Waals surface area contributed by atoms with Crippen LogP contribution < -0.4 is 0 Å². The number of aromatic nitrogens is 2. The van der Waals surface area contributed by atoms with Gasteiger partial charge in [0.05, 0.1) is 11.0 Å². The summed E-state index contributed by atoms with van der Waals surface area (Å²) < 4.78 is 2.27. The second-order valence-electron chi connectivity index (χ2n) is 8.57. The molecule has 2 saturated heterocycles. The molecule has 0 saturated carbocycles. The summed E-state index contributed by atoms with van der Waals surface area (Å²) in [6.45, 7) is 7.21. The molecule has 156 valence electrons. The Labute approximate surface area is 178 Å². The Hall–Kier alpha value is -2.66. The maximum Gasteiger partial charge on any atom is 0.253 e. The van der Waals surface area contributed by atoms with E-state index in [-0.39, 0.29) is 5.91 Å². The minimum atomic E-state index is 0.170. The molecule has 5 rings (SSSR count). The molecule has 3 aromatic rings. The first-order chi connectivity index (χ1) is 14.7. The van der Waals surface area contributed by atoms with Crippen LogP contribution in [0.15, 0.2) is 48.5 Å². The number of likely N-dealkylation sites (tertiary alicyclic amines) is 2. The van der Waals surface area contributed by atoms with Crippen LogP contribution in [0.2, 0.25) is 0 Å². The van der Waals surface area contributed by atoms with Gasteiger partial charge in [-0.3, -0.25) is 9.69 Å². The van der Waals surface area contributed by atoms with Gasteiger partial charge in [0.1, 0.15) is 5.82 Å². The van der Waals surface area contributed by atoms with Crippen LogP contribution in [-0.4, -0.2) is 57.5 Å². The topological polar surface area (TPSA) is 41.4 Å². The Morgan fingerprint density at radius 3 is 2.57 bits per heavy atom. The standard InChI is InChI=1S/C25H30N4O/c1-2-29-23-8-4-3-7-22(23)26-24(29)17-19-9-11-20(12-10-19)25(30)28-16-13-21(18-28)27-14-5-6-15-27/h3-4,7-12,21H,2,5-6,13-18H2,1H3. The molecule has 30 heavy (non-hydrogen) atoms. The van der Waals surface area contributed by atoms with E-state index in [1.807, 2.05) is 23.1 Å². The van der Waals surface area contributed by atoms with Gasteiger partial charge in [-0.2, -0.15) is 0 Å². The van der Waals surface area contributed by atoms with Crippen molar-refractivity contribution in [2.24, 2.45) is 0 Å². The molecule has 1 amide bonds. The Kier molecular flexibility index (Phi) is 5.30. The van der Waals surface area contributed by atoms with Crippen molar-refractivity contribution >= 4 is 16.9 Å². The summed E-state index contributed by atoms with van der Waals surface area (Å²) in [5.41, 5.74) is 4.21. The lowest BCUT2D eigenvalue weighted by molar-refractivity contribution is 0.0780. The zero-order valence-corrected chi connectivity index (χ0v) is 17.8. The number of aryl methyl sites for hydroxylation is 1. The summed E-state index contributed by atoms with van der Waals surface area (Å²) >= 11 is 0. The number of imidazole rings is 1. The summed E-state index contributed by atoms with van der Waals surface area (Å²) in [4.78, 5) is 22.4. The number of hydrogen-bond acceptors (Lipinski definition) is 3. The molecule has 5 heteroatoms. The number of hydrogen-bond donors (Lipinski definition) is 0. The first kappa shape index (κ1) is 19.3. The van der Waals surface area contributed by atoms with Gasteiger partial charge in [-0.1, -0.05) is 24.3 Å². The molecule has 3 heterocycles. The fourth-order valence-corrected chi connectivity index (χ4v) is 5.07. The average Bonchev–Trinajstić information content (AvgIpc) is 3.52. The number of carbonyl (C=O) groups excluding carboxylic acids is 1. The van der Waals surface area contributed by atoms with Crippen molar-refractivity contribution in [1.82, 2.24) is 19.4 Å². The lowest BCUT2D eigenvalue weighted by Gasteiger charge is -2.23. The predicted octanol–water partition coefficient (Wildman–Crippen LogP) is 3.96. The molecule has 0 N–H and O–H groups in total. The van der Waals surface area contributed by atoms with E-state index in [0.29, 0.717) is 6.04 Å². The van der Waals surface area contributed by atoms with Gasteiger partial charge in [-0.05, 0) is 69.1 Å². The van der Waals surface area contributed by atoms with Gasteiger partial charge >= 0.3 is 0 Å². The third-order valence-corrected chi connectivity index (χ3v) is 6.72. The fraction of sp³-hybridized carbons (Fsp3) is 0.440. The van der Waals surface area contributed by atoms with Crippen molar-refractivity contribution in [3.63, 3.8) is 0 Å². The Balaban J connectivity index is 1.27. The van der Waals surface area contributed by atoms with Crippen molar-refractivity contribution in [2.75, 3.05) is 26.2 Å². The van der Waals surface area contributed by atoms with Crippen LogP contribution in [0.25, 0.3) is 11.0 Å². The van der Waals surface area contributed by atoms with Crippen LogP contribution in [0.4, 0.5) is 0 Å². The van der Waals surface area contributed by atoms with Crippen LogP contribution in [0.1, 0.15) is 47.9 Å². The smallest absolute Gasteiger partial charge is 0.253 e. The predicted molar refractivity (Wildman–Crippen MR) is 120 cm³/mol. The van der Waals surface area contributed by atoms with E-state index in [0.717, 1.165) is 49.4 Å². The minimum absolute atomic E-state index is 0.170. The lowest BCUT2D eigenvalue weighted by Crippen LogP contribution is -2.37. The molecule has 5 nitrogen and oxygen atoms in total. The quantitative estimate of drug-likeness (QED) is 0.649. The monoisotopic (exact) mass is 402 g/mol. The van der Waals surface area contributed by atoms with Crippen molar-refractivity contribution in [3.05, 3.63) is 65.5 Å². The summed E-state index contributed by atoms with van der Waals surface area (Å²) in [7, 11) is 0. The Bertz CT molecular complexity index is 1030. The van der Waals surface area contributed by atoms with Gasteiger partial charge in [0.2, 0.25) is 0 Å². The maximum absolute atomic E-state index is 13.0. The van der Waals surface area contributed by atoms with Gasteiger partial charge in [0.25, 0.3) is 5.91 Å². The molecule has 2 fully saturated rings. The normalized spacial score (nSPS) is 19.8. The highest BCUT2D eigenvalue weighted by molar-refractivity contribution is 5.94. The van der Waals surface area contributed by atoms with E-state index >= 15 is 0 Å². The molecule has 0 aliphatic carbocycles. The number of amides is 1. The molecule has 1 aromatic heterocycles. The number of rotatable bonds is 5. The molecule has 0 radical (unpaired) electrons. The van der Waals surface area contributed by atoms with Gasteiger partial charge < -0.3 is 9.47 Å². The minimum Gasteiger partial charge on any atom is -0.337 e. The van der Waals surface area contributed by atoms with Crippen LogP contribution >= 0.6 is 0 Å². The van der Waals surface area contributed by atoms with Gasteiger partial charge in [0.15, 0.2) is 0 Å². The molecule has 0 spiro atoms.